The minimum atomic E-state index is -0.343. The van der Waals surface area contributed by atoms with Gasteiger partial charge in [-0.3, -0.25) is 4.79 Å². The zero-order chi connectivity index (χ0) is 25.0. The van der Waals surface area contributed by atoms with Crippen LogP contribution < -0.4 is 10.3 Å². The zero-order valence-corrected chi connectivity index (χ0v) is 21.4. The molecule has 6 rings (SSSR count). The molecule has 2 aliphatic heterocycles. The fourth-order valence-electron chi connectivity index (χ4n) is 5.70. The molecule has 36 heavy (non-hydrogen) atoms. The van der Waals surface area contributed by atoms with Gasteiger partial charge in [-0.2, -0.15) is 0 Å². The van der Waals surface area contributed by atoms with Gasteiger partial charge < -0.3 is 28.3 Å². The van der Waals surface area contributed by atoms with Crippen molar-refractivity contribution in [3.63, 3.8) is 0 Å². The molecule has 0 bridgehead atoms. The number of pyridine rings is 2. The van der Waals surface area contributed by atoms with E-state index in [0.717, 1.165) is 81.6 Å². The number of ether oxygens (including phenoxy) is 5. The van der Waals surface area contributed by atoms with E-state index in [1.54, 1.807) is 6.20 Å². The van der Waals surface area contributed by atoms with E-state index in [4.69, 9.17) is 23.7 Å². The van der Waals surface area contributed by atoms with Gasteiger partial charge in [0.25, 0.3) is 5.56 Å². The van der Waals surface area contributed by atoms with Gasteiger partial charge in [-0.05, 0) is 51.7 Å². The molecule has 0 atom stereocenters. The molecule has 2 spiro atoms. The first-order valence-electron chi connectivity index (χ1n) is 13.3. The van der Waals surface area contributed by atoms with Crippen molar-refractivity contribution in [3.05, 3.63) is 58.1 Å². The molecule has 8 nitrogen and oxygen atoms in total. The Bertz CT molecular complexity index is 1050. The second-order valence-electron chi connectivity index (χ2n) is 10.3. The predicted octanol–water partition coefficient (Wildman–Crippen LogP) is 4.47. The van der Waals surface area contributed by atoms with Crippen molar-refractivity contribution in [3.8, 4) is 5.88 Å². The van der Waals surface area contributed by atoms with Gasteiger partial charge in [-0.1, -0.05) is 12.1 Å². The molecule has 2 aliphatic carbocycles. The van der Waals surface area contributed by atoms with Crippen molar-refractivity contribution in [2.24, 2.45) is 0 Å². The molecule has 196 valence electrons. The summed E-state index contributed by atoms with van der Waals surface area (Å²) >= 11 is 0. The van der Waals surface area contributed by atoms with Crippen LogP contribution in [0.3, 0.4) is 0 Å². The molecule has 2 saturated carbocycles. The Morgan fingerprint density at radius 1 is 0.833 bits per heavy atom. The molecule has 4 fully saturated rings. The first-order valence-corrected chi connectivity index (χ1v) is 13.3. The second-order valence-corrected chi connectivity index (χ2v) is 10.3. The van der Waals surface area contributed by atoms with Crippen LogP contribution in [-0.4, -0.2) is 53.7 Å². The summed E-state index contributed by atoms with van der Waals surface area (Å²) in [4.78, 5) is 16.4. The van der Waals surface area contributed by atoms with Crippen LogP contribution in [0.15, 0.2) is 41.5 Å². The number of hydrogen-bond donors (Lipinski definition) is 0. The van der Waals surface area contributed by atoms with Crippen LogP contribution in [0, 0.1) is 13.8 Å². The minimum Gasteiger partial charge on any atom is -0.474 e. The molecule has 2 aromatic heterocycles. The van der Waals surface area contributed by atoms with E-state index in [-0.39, 0.29) is 29.3 Å². The van der Waals surface area contributed by atoms with Crippen LogP contribution in [0.2, 0.25) is 0 Å². The lowest BCUT2D eigenvalue weighted by atomic mass is 9.89. The van der Waals surface area contributed by atoms with Gasteiger partial charge in [0.2, 0.25) is 5.88 Å². The summed E-state index contributed by atoms with van der Waals surface area (Å²) < 4.78 is 30.7. The molecule has 4 heterocycles. The molecule has 0 amide bonds. The molecule has 0 N–H and O–H groups in total. The smallest absolute Gasteiger partial charge is 0.253 e. The van der Waals surface area contributed by atoms with E-state index < -0.39 is 0 Å². The van der Waals surface area contributed by atoms with Crippen LogP contribution in [0.1, 0.15) is 68.5 Å². The third-order valence-corrected chi connectivity index (χ3v) is 7.84. The van der Waals surface area contributed by atoms with Gasteiger partial charge in [0.1, 0.15) is 6.10 Å². The van der Waals surface area contributed by atoms with Crippen molar-refractivity contribution in [1.29, 1.82) is 0 Å². The Kier molecular flexibility index (Phi) is 7.76. The van der Waals surface area contributed by atoms with Gasteiger partial charge in [-0.15, -0.1) is 0 Å². The molecule has 8 heteroatoms. The minimum absolute atomic E-state index is 0.131. The Morgan fingerprint density at radius 3 is 1.97 bits per heavy atom. The summed E-state index contributed by atoms with van der Waals surface area (Å²) in [5.74, 6) is 0.106. The van der Waals surface area contributed by atoms with Crippen LogP contribution in [0.5, 0.6) is 5.88 Å². The van der Waals surface area contributed by atoms with E-state index in [2.05, 4.69) is 4.98 Å². The zero-order valence-electron chi connectivity index (χ0n) is 21.4. The molecule has 2 aromatic rings. The topological polar surface area (TPSA) is 81.0 Å². The fraction of sp³-hybridized carbons (Fsp3) is 0.643. The first kappa shape index (κ1) is 25.4. The number of hydrogen-bond acceptors (Lipinski definition) is 7. The first-order chi connectivity index (χ1) is 17.5. The summed E-state index contributed by atoms with van der Waals surface area (Å²) in [6, 6.07) is 8.06. The summed E-state index contributed by atoms with van der Waals surface area (Å²) in [6.45, 7) is 6.75. The number of aromatic nitrogens is 2. The molecule has 0 radical (unpaired) electrons. The molecule has 2 saturated heterocycles. The summed E-state index contributed by atoms with van der Waals surface area (Å²) in [5, 5.41) is 0. The lowest BCUT2D eigenvalue weighted by molar-refractivity contribution is -0.186. The van der Waals surface area contributed by atoms with E-state index in [0.29, 0.717) is 13.2 Å². The molecule has 4 aliphatic rings. The van der Waals surface area contributed by atoms with Gasteiger partial charge in [0.05, 0.1) is 26.4 Å². The molecule has 0 unspecified atom stereocenters. The van der Waals surface area contributed by atoms with E-state index in [9.17, 15) is 4.79 Å². The third kappa shape index (κ3) is 5.67. The van der Waals surface area contributed by atoms with Crippen molar-refractivity contribution in [2.45, 2.75) is 88.9 Å². The van der Waals surface area contributed by atoms with Crippen molar-refractivity contribution < 1.29 is 23.7 Å². The van der Waals surface area contributed by atoms with Gasteiger partial charge in [-0.25, -0.2) is 4.98 Å². The SMILES string of the molecule is Cc1cccn(C2CCC3(CC2)OCCO3)c1=O.Cc1cccnc1OC1CCC2(CC1)OCCO2. The van der Waals surface area contributed by atoms with Crippen molar-refractivity contribution in [1.82, 2.24) is 9.55 Å². The van der Waals surface area contributed by atoms with Gasteiger partial charge in [0, 0.05) is 55.2 Å². The fourth-order valence-corrected chi connectivity index (χ4v) is 5.70. The maximum atomic E-state index is 12.1. The highest BCUT2D eigenvalue weighted by atomic mass is 16.7. The van der Waals surface area contributed by atoms with Crippen LogP contribution in [0.25, 0.3) is 0 Å². The lowest BCUT2D eigenvalue weighted by Gasteiger charge is -2.36. The number of nitrogens with zero attached hydrogens (tertiary/aromatic N) is 2. The summed E-state index contributed by atoms with van der Waals surface area (Å²) in [7, 11) is 0. The van der Waals surface area contributed by atoms with Gasteiger partial charge >= 0.3 is 0 Å². The second kappa shape index (κ2) is 11.0. The van der Waals surface area contributed by atoms with E-state index >= 15 is 0 Å². The van der Waals surface area contributed by atoms with Crippen LogP contribution in [0.4, 0.5) is 0 Å². The normalized spacial score (nSPS) is 25.0. The van der Waals surface area contributed by atoms with Gasteiger partial charge in [0.15, 0.2) is 11.6 Å². The average Bonchev–Trinajstić information content (AvgIpc) is 3.55. The van der Waals surface area contributed by atoms with E-state index in [1.807, 2.05) is 48.9 Å². The highest BCUT2D eigenvalue weighted by molar-refractivity contribution is 5.23. The maximum absolute atomic E-state index is 12.1. The quantitative estimate of drug-likeness (QED) is 0.618. The third-order valence-electron chi connectivity index (χ3n) is 7.84. The van der Waals surface area contributed by atoms with Crippen molar-refractivity contribution in [2.75, 3.05) is 26.4 Å². The molecule has 0 aromatic carbocycles. The monoisotopic (exact) mass is 498 g/mol. The lowest BCUT2D eigenvalue weighted by Crippen LogP contribution is -2.38. The average molecular weight is 499 g/mol. The number of rotatable bonds is 3. The Labute approximate surface area is 212 Å². The van der Waals surface area contributed by atoms with Crippen molar-refractivity contribution >= 4 is 0 Å². The Balaban J connectivity index is 0.000000148. The summed E-state index contributed by atoms with van der Waals surface area (Å²) in [6.07, 6.45) is 11.4. The Hall–Kier alpha value is -2.26. The largest absolute Gasteiger partial charge is 0.474 e. The standard InChI is InChI=1S/2C14H19NO3/c1-11-3-2-8-15-13(11)18-12-4-6-14(7-5-12)16-9-10-17-14;1-11-3-2-8-15(13(11)16)12-4-6-14(7-5-12)17-9-10-18-14/h2*2-3,8,12H,4-7,9-10H2,1H3. The molecular formula is C28H38N2O6. The number of aryl methyl sites for hydroxylation is 2. The summed E-state index contributed by atoms with van der Waals surface area (Å²) in [5.41, 5.74) is 2.03. The Morgan fingerprint density at radius 2 is 1.39 bits per heavy atom. The highest BCUT2D eigenvalue weighted by Crippen LogP contribution is 2.40. The predicted molar refractivity (Wildman–Crippen MR) is 134 cm³/mol. The maximum Gasteiger partial charge on any atom is 0.253 e. The van der Waals surface area contributed by atoms with Crippen LogP contribution in [-0.2, 0) is 18.9 Å². The van der Waals surface area contributed by atoms with Crippen LogP contribution >= 0.6 is 0 Å². The van der Waals surface area contributed by atoms with E-state index in [1.165, 1.54) is 0 Å². The molecular weight excluding hydrogens is 460 g/mol. The highest BCUT2D eigenvalue weighted by Gasteiger charge is 2.42.